The Morgan fingerprint density at radius 1 is 1.47 bits per heavy atom. The maximum absolute atomic E-state index is 6.18. The van der Waals surface area contributed by atoms with Crippen LogP contribution in [0.15, 0.2) is 17.5 Å². The van der Waals surface area contributed by atoms with Crippen molar-refractivity contribution in [1.29, 1.82) is 0 Å². The molecular weight excluding hydrogens is 204 g/mol. The largest absolute Gasteiger partial charge is 0.322 e. The van der Waals surface area contributed by atoms with Gasteiger partial charge in [-0.1, -0.05) is 19.9 Å². The van der Waals surface area contributed by atoms with Crippen molar-refractivity contribution in [2.24, 2.45) is 17.6 Å². The lowest BCUT2D eigenvalue weighted by molar-refractivity contribution is 0.304. The normalized spacial score (nSPS) is 29.5. The van der Waals surface area contributed by atoms with Gasteiger partial charge in [-0.15, -0.1) is 11.3 Å². The zero-order valence-corrected chi connectivity index (χ0v) is 10.3. The first-order valence-corrected chi connectivity index (χ1v) is 6.56. The van der Waals surface area contributed by atoms with E-state index >= 15 is 0 Å². The number of rotatable bonds is 3. The zero-order chi connectivity index (χ0) is 10.8. The molecule has 2 nitrogen and oxygen atoms in total. The van der Waals surface area contributed by atoms with Gasteiger partial charge in [-0.2, -0.15) is 0 Å². The second kappa shape index (κ2) is 4.64. The molecule has 84 valence electrons. The van der Waals surface area contributed by atoms with Crippen LogP contribution in [0.25, 0.3) is 0 Å². The van der Waals surface area contributed by atoms with Crippen LogP contribution >= 0.6 is 11.3 Å². The predicted octanol–water partition coefficient (Wildman–Crippen LogP) is 2.34. The molecule has 1 fully saturated rings. The molecule has 15 heavy (non-hydrogen) atoms. The molecule has 1 aliphatic heterocycles. The van der Waals surface area contributed by atoms with Gasteiger partial charge in [0.25, 0.3) is 0 Å². The molecule has 0 aromatic carbocycles. The molecule has 2 rings (SSSR count). The quantitative estimate of drug-likeness (QED) is 0.854. The summed E-state index contributed by atoms with van der Waals surface area (Å²) >= 11 is 1.76. The number of hydrogen-bond donors (Lipinski definition) is 1. The van der Waals surface area contributed by atoms with E-state index in [2.05, 4.69) is 36.3 Å². The molecule has 0 saturated carbocycles. The third kappa shape index (κ3) is 2.60. The molecule has 0 radical (unpaired) electrons. The Morgan fingerprint density at radius 2 is 2.13 bits per heavy atom. The fourth-order valence-electron chi connectivity index (χ4n) is 2.27. The van der Waals surface area contributed by atoms with Crippen molar-refractivity contribution >= 4 is 11.3 Å². The lowest BCUT2D eigenvalue weighted by atomic mass is 10.0. The topological polar surface area (TPSA) is 29.3 Å². The summed E-state index contributed by atoms with van der Waals surface area (Å²) < 4.78 is 0. The molecule has 0 amide bonds. The molecule has 3 atom stereocenters. The van der Waals surface area contributed by atoms with Gasteiger partial charge in [-0.3, -0.25) is 0 Å². The van der Waals surface area contributed by atoms with Crippen molar-refractivity contribution in [3.8, 4) is 0 Å². The van der Waals surface area contributed by atoms with Crippen LogP contribution in [0.3, 0.4) is 0 Å². The Labute approximate surface area is 96.1 Å². The number of nitrogens with zero attached hydrogens (tertiary/aromatic N) is 1. The first-order valence-electron chi connectivity index (χ1n) is 5.68. The molecule has 1 aliphatic rings. The van der Waals surface area contributed by atoms with E-state index in [9.17, 15) is 0 Å². The fourth-order valence-corrected chi connectivity index (χ4v) is 2.99. The summed E-state index contributed by atoms with van der Waals surface area (Å²) in [6.45, 7) is 8.10. The Bertz CT molecular complexity index is 287. The molecule has 1 aromatic rings. The van der Waals surface area contributed by atoms with Gasteiger partial charge in [-0.05, 0) is 23.3 Å². The smallest absolute Gasteiger partial charge is 0.0519 e. The van der Waals surface area contributed by atoms with Gasteiger partial charge in [-0.25, -0.2) is 0 Å². The van der Waals surface area contributed by atoms with Crippen molar-refractivity contribution in [2.75, 3.05) is 19.6 Å². The van der Waals surface area contributed by atoms with Crippen molar-refractivity contribution < 1.29 is 0 Å². The predicted molar refractivity (Wildman–Crippen MR) is 66.0 cm³/mol. The van der Waals surface area contributed by atoms with Crippen molar-refractivity contribution in [2.45, 2.75) is 19.9 Å². The fraction of sp³-hybridized carbons (Fsp3) is 0.667. The highest BCUT2D eigenvalue weighted by atomic mass is 32.1. The first kappa shape index (κ1) is 11.1. The van der Waals surface area contributed by atoms with E-state index in [1.165, 1.54) is 18.0 Å². The first-order chi connectivity index (χ1) is 7.16. The minimum Gasteiger partial charge on any atom is -0.322 e. The minimum absolute atomic E-state index is 0.197. The zero-order valence-electron chi connectivity index (χ0n) is 9.52. The van der Waals surface area contributed by atoms with Crippen LogP contribution in [0.2, 0.25) is 0 Å². The van der Waals surface area contributed by atoms with Crippen LogP contribution in [0.1, 0.15) is 24.8 Å². The molecule has 0 aliphatic carbocycles. The molecule has 3 unspecified atom stereocenters. The minimum atomic E-state index is 0.197. The van der Waals surface area contributed by atoms with E-state index in [4.69, 9.17) is 5.73 Å². The van der Waals surface area contributed by atoms with Crippen molar-refractivity contribution in [1.82, 2.24) is 4.90 Å². The van der Waals surface area contributed by atoms with Crippen molar-refractivity contribution in [3.63, 3.8) is 0 Å². The second-order valence-corrected chi connectivity index (χ2v) is 5.77. The van der Waals surface area contributed by atoms with Gasteiger partial charge in [0.1, 0.15) is 0 Å². The Kier molecular flexibility index (Phi) is 3.44. The van der Waals surface area contributed by atoms with E-state index < -0.39 is 0 Å². The summed E-state index contributed by atoms with van der Waals surface area (Å²) in [4.78, 5) is 3.81. The molecule has 1 aromatic heterocycles. The van der Waals surface area contributed by atoms with Crippen LogP contribution < -0.4 is 5.73 Å². The number of thiophene rings is 1. The van der Waals surface area contributed by atoms with E-state index in [-0.39, 0.29) is 6.04 Å². The highest BCUT2D eigenvalue weighted by Gasteiger charge is 2.27. The molecule has 2 heterocycles. The summed E-state index contributed by atoms with van der Waals surface area (Å²) in [5.41, 5.74) is 6.18. The maximum atomic E-state index is 6.18. The standard InChI is InChI=1S/C12H20N2S/c1-9-6-14(7-10(9)2)8-11(13)12-4-3-5-15-12/h3-5,9-11H,6-8,13H2,1-2H3. The van der Waals surface area contributed by atoms with Crippen LogP contribution in [0.4, 0.5) is 0 Å². The van der Waals surface area contributed by atoms with Gasteiger partial charge < -0.3 is 10.6 Å². The lowest BCUT2D eigenvalue weighted by Crippen LogP contribution is -2.30. The van der Waals surface area contributed by atoms with E-state index in [1.807, 2.05) is 0 Å². The SMILES string of the molecule is CC1CN(CC(N)c2cccs2)CC1C. The van der Waals surface area contributed by atoms with Gasteiger partial charge in [0.05, 0.1) is 6.04 Å². The molecule has 3 heteroatoms. The third-order valence-electron chi connectivity index (χ3n) is 3.43. The van der Waals surface area contributed by atoms with Gasteiger partial charge in [0.15, 0.2) is 0 Å². The summed E-state index contributed by atoms with van der Waals surface area (Å²) in [7, 11) is 0. The monoisotopic (exact) mass is 224 g/mol. The van der Waals surface area contributed by atoms with Crippen LogP contribution in [0.5, 0.6) is 0 Å². The van der Waals surface area contributed by atoms with Crippen LogP contribution in [0, 0.1) is 11.8 Å². The Balaban J connectivity index is 1.88. The van der Waals surface area contributed by atoms with Gasteiger partial charge >= 0.3 is 0 Å². The molecule has 0 bridgehead atoms. The van der Waals surface area contributed by atoms with E-state index in [1.54, 1.807) is 11.3 Å². The summed E-state index contributed by atoms with van der Waals surface area (Å²) in [5, 5.41) is 2.10. The second-order valence-electron chi connectivity index (χ2n) is 4.80. The molecule has 0 spiro atoms. The maximum Gasteiger partial charge on any atom is 0.0519 e. The number of nitrogens with two attached hydrogens (primary N) is 1. The van der Waals surface area contributed by atoms with Crippen LogP contribution in [-0.4, -0.2) is 24.5 Å². The summed E-state index contributed by atoms with van der Waals surface area (Å²) in [6.07, 6.45) is 0. The molecule has 1 saturated heterocycles. The van der Waals surface area contributed by atoms with Gasteiger partial charge in [0.2, 0.25) is 0 Å². The van der Waals surface area contributed by atoms with Crippen molar-refractivity contribution in [3.05, 3.63) is 22.4 Å². The third-order valence-corrected chi connectivity index (χ3v) is 4.43. The Hall–Kier alpha value is -0.380. The summed E-state index contributed by atoms with van der Waals surface area (Å²) in [6, 6.07) is 4.41. The summed E-state index contributed by atoms with van der Waals surface area (Å²) in [5.74, 6) is 1.64. The highest BCUT2D eigenvalue weighted by Crippen LogP contribution is 2.25. The van der Waals surface area contributed by atoms with E-state index in [0.717, 1.165) is 18.4 Å². The Morgan fingerprint density at radius 3 is 2.67 bits per heavy atom. The average molecular weight is 224 g/mol. The molecular formula is C12H20N2S. The lowest BCUT2D eigenvalue weighted by Gasteiger charge is -2.19. The van der Waals surface area contributed by atoms with Gasteiger partial charge in [0, 0.05) is 24.5 Å². The number of hydrogen-bond acceptors (Lipinski definition) is 3. The highest BCUT2D eigenvalue weighted by molar-refractivity contribution is 7.10. The van der Waals surface area contributed by atoms with E-state index in [0.29, 0.717) is 0 Å². The average Bonchev–Trinajstić information content (AvgIpc) is 2.77. The molecule has 2 N–H and O–H groups in total. The number of likely N-dealkylation sites (tertiary alicyclic amines) is 1. The van der Waals surface area contributed by atoms with Crippen LogP contribution in [-0.2, 0) is 0 Å².